The second-order valence-corrected chi connectivity index (χ2v) is 6.08. The van der Waals surface area contributed by atoms with Gasteiger partial charge in [0.25, 0.3) is 0 Å². The van der Waals surface area contributed by atoms with Gasteiger partial charge in [0, 0.05) is 37.5 Å². The molecule has 1 aromatic heterocycles. The molecule has 1 aliphatic heterocycles. The number of nitrogens with one attached hydrogen (secondary N) is 1. The highest BCUT2D eigenvalue weighted by Gasteiger charge is 2.24. The first kappa shape index (κ1) is 14.8. The number of aromatic nitrogens is 1. The van der Waals surface area contributed by atoms with E-state index in [9.17, 15) is 4.79 Å². The molecule has 0 bridgehead atoms. The molecular formula is C17H22N4O. The number of benzene rings is 1. The molecule has 1 aliphatic rings. The molecule has 0 saturated carbocycles. The number of nitrogens with zero attached hydrogens (tertiary/aromatic N) is 3. The first-order valence-electron chi connectivity index (χ1n) is 7.63. The zero-order valence-corrected chi connectivity index (χ0v) is 13.4. The Morgan fingerprint density at radius 3 is 2.91 bits per heavy atom. The first-order valence-corrected chi connectivity index (χ1v) is 7.63. The van der Waals surface area contributed by atoms with E-state index in [-0.39, 0.29) is 5.91 Å². The zero-order valence-electron chi connectivity index (χ0n) is 13.4. The fraction of sp³-hybridized carbons (Fsp3) is 0.412. The minimum atomic E-state index is 0.0572. The summed E-state index contributed by atoms with van der Waals surface area (Å²) in [5.41, 5.74) is 3.02. The highest BCUT2D eigenvalue weighted by atomic mass is 16.1. The molecular weight excluding hydrogens is 276 g/mol. The van der Waals surface area contributed by atoms with Crippen LogP contribution in [-0.4, -0.2) is 50.0 Å². The third-order valence-electron chi connectivity index (χ3n) is 4.08. The number of hydrogen-bond acceptors (Lipinski definition) is 4. The molecule has 1 N–H and O–H groups in total. The van der Waals surface area contributed by atoms with Crippen LogP contribution in [0.1, 0.15) is 12.0 Å². The Bertz CT molecular complexity index is 711. The molecule has 2 heterocycles. The minimum Gasteiger partial charge on any atom is -0.359 e. The van der Waals surface area contributed by atoms with Crippen LogP contribution in [0.25, 0.3) is 10.9 Å². The van der Waals surface area contributed by atoms with Crippen molar-refractivity contribution >= 4 is 28.3 Å². The fourth-order valence-electron chi connectivity index (χ4n) is 2.85. The molecule has 3 rings (SSSR count). The Morgan fingerprint density at radius 2 is 2.14 bits per heavy atom. The summed E-state index contributed by atoms with van der Waals surface area (Å²) >= 11 is 0. The number of anilines is 2. The van der Waals surface area contributed by atoms with Gasteiger partial charge in [0.15, 0.2) is 0 Å². The Labute approximate surface area is 130 Å². The Hall–Kier alpha value is -2.14. The molecule has 5 nitrogen and oxygen atoms in total. The maximum absolute atomic E-state index is 12.3. The average Bonchev–Trinajstić information content (AvgIpc) is 2.86. The molecule has 22 heavy (non-hydrogen) atoms. The molecule has 116 valence electrons. The van der Waals surface area contributed by atoms with Gasteiger partial charge in [-0.25, -0.2) is 4.98 Å². The number of pyridine rings is 1. The van der Waals surface area contributed by atoms with Crippen molar-refractivity contribution < 1.29 is 4.79 Å². The quantitative estimate of drug-likeness (QED) is 0.939. The van der Waals surface area contributed by atoms with Crippen LogP contribution in [0.2, 0.25) is 0 Å². The van der Waals surface area contributed by atoms with Gasteiger partial charge in [-0.05, 0) is 26.6 Å². The molecule has 5 heteroatoms. The zero-order chi connectivity index (χ0) is 15.7. The van der Waals surface area contributed by atoms with Crippen molar-refractivity contribution in [2.75, 3.05) is 44.4 Å². The second kappa shape index (κ2) is 5.93. The van der Waals surface area contributed by atoms with Crippen LogP contribution in [0.15, 0.2) is 24.3 Å². The van der Waals surface area contributed by atoms with Crippen LogP contribution in [0.3, 0.4) is 0 Å². The van der Waals surface area contributed by atoms with Crippen LogP contribution in [-0.2, 0) is 11.2 Å². The average molecular weight is 298 g/mol. The predicted octanol–water partition coefficient (Wildman–Crippen LogP) is 2.12. The lowest BCUT2D eigenvalue weighted by Crippen LogP contribution is -2.21. The number of carbonyl (C=O) groups is 1. The standard InChI is InChI=1S/C17H22N4O/c1-20(2)10-9-15(22)19-16-12-6-4-5-7-14(12)18-17-13(16)8-11-21(17)3/h4-7H,8-11H2,1-3H3,(H,18,19,22). The summed E-state index contributed by atoms with van der Waals surface area (Å²) in [5, 5.41) is 4.15. The van der Waals surface area contributed by atoms with E-state index in [0.717, 1.165) is 47.5 Å². The smallest absolute Gasteiger partial charge is 0.225 e. The third-order valence-corrected chi connectivity index (χ3v) is 4.08. The maximum atomic E-state index is 12.3. The number of para-hydroxylation sites is 1. The molecule has 2 aromatic rings. The van der Waals surface area contributed by atoms with Crippen LogP contribution in [0.5, 0.6) is 0 Å². The number of carbonyl (C=O) groups excluding carboxylic acids is 1. The van der Waals surface area contributed by atoms with Gasteiger partial charge in [-0.2, -0.15) is 0 Å². The molecule has 1 aromatic carbocycles. The van der Waals surface area contributed by atoms with Crippen molar-refractivity contribution in [3.8, 4) is 0 Å². The summed E-state index contributed by atoms with van der Waals surface area (Å²) in [5.74, 6) is 1.04. The van der Waals surface area contributed by atoms with Crippen molar-refractivity contribution in [2.45, 2.75) is 12.8 Å². The van der Waals surface area contributed by atoms with Crippen LogP contribution >= 0.6 is 0 Å². The van der Waals surface area contributed by atoms with Crippen molar-refractivity contribution in [2.24, 2.45) is 0 Å². The van der Waals surface area contributed by atoms with E-state index in [1.54, 1.807) is 0 Å². The summed E-state index contributed by atoms with van der Waals surface area (Å²) < 4.78 is 0. The Morgan fingerprint density at radius 1 is 1.36 bits per heavy atom. The fourth-order valence-corrected chi connectivity index (χ4v) is 2.85. The van der Waals surface area contributed by atoms with Crippen molar-refractivity contribution in [3.63, 3.8) is 0 Å². The van der Waals surface area contributed by atoms with Crippen molar-refractivity contribution in [1.82, 2.24) is 9.88 Å². The Balaban J connectivity index is 1.99. The Kier molecular flexibility index (Phi) is 3.98. The lowest BCUT2D eigenvalue weighted by molar-refractivity contribution is -0.116. The highest BCUT2D eigenvalue weighted by molar-refractivity contribution is 6.04. The van der Waals surface area contributed by atoms with Gasteiger partial charge in [-0.3, -0.25) is 4.79 Å². The monoisotopic (exact) mass is 298 g/mol. The normalized spacial score (nSPS) is 13.7. The van der Waals surface area contributed by atoms with Gasteiger partial charge in [0.2, 0.25) is 5.91 Å². The molecule has 0 unspecified atom stereocenters. The van der Waals surface area contributed by atoms with E-state index in [1.807, 2.05) is 50.3 Å². The van der Waals surface area contributed by atoms with Gasteiger partial charge in [-0.15, -0.1) is 0 Å². The molecule has 1 amide bonds. The summed E-state index contributed by atoms with van der Waals surface area (Å²) in [6.07, 6.45) is 1.42. The van der Waals surface area contributed by atoms with Crippen LogP contribution < -0.4 is 10.2 Å². The number of amides is 1. The number of likely N-dealkylation sites (N-methyl/N-ethyl adjacent to an activating group) is 1. The van der Waals surface area contributed by atoms with E-state index in [1.165, 1.54) is 0 Å². The molecule has 0 atom stereocenters. The van der Waals surface area contributed by atoms with Gasteiger partial charge in [0.1, 0.15) is 5.82 Å². The van der Waals surface area contributed by atoms with Crippen molar-refractivity contribution in [3.05, 3.63) is 29.8 Å². The van der Waals surface area contributed by atoms with Crippen LogP contribution in [0, 0.1) is 0 Å². The van der Waals surface area contributed by atoms with E-state index in [2.05, 4.69) is 10.2 Å². The van der Waals surface area contributed by atoms with E-state index >= 15 is 0 Å². The molecule has 0 radical (unpaired) electrons. The summed E-state index contributed by atoms with van der Waals surface area (Å²) in [7, 11) is 5.99. The van der Waals surface area contributed by atoms with Crippen molar-refractivity contribution in [1.29, 1.82) is 0 Å². The van der Waals surface area contributed by atoms with Gasteiger partial charge in [0.05, 0.1) is 11.2 Å². The second-order valence-electron chi connectivity index (χ2n) is 6.08. The van der Waals surface area contributed by atoms with Gasteiger partial charge < -0.3 is 15.1 Å². The number of hydrogen-bond donors (Lipinski definition) is 1. The molecule has 0 spiro atoms. The summed E-state index contributed by atoms with van der Waals surface area (Å²) in [6.45, 7) is 1.69. The van der Waals surface area contributed by atoms with E-state index in [4.69, 9.17) is 4.98 Å². The predicted molar refractivity (Wildman–Crippen MR) is 90.5 cm³/mol. The lowest BCUT2D eigenvalue weighted by atomic mass is 10.1. The lowest BCUT2D eigenvalue weighted by Gasteiger charge is -2.16. The van der Waals surface area contributed by atoms with Gasteiger partial charge in [-0.1, -0.05) is 18.2 Å². The highest BCUT2D eigenvalue weighted by Crippen LogP contribution is 2.36. The number of fused-ring (bicyclic) bond motifs is 2. The maximum Gasteiger partial charge on any atom is 0.225 e. The SMILES string of the molecule is CN(C)CCC(=O)Nc1c2c(nc3ccccc13)N(C)CC2. The van der Waals surface area contributed by atoms with E-state index in [0.29, 0.717) is 6.42 Å². The first-order chi connectivity index (χ1) is 10.6. The summed E-state index contributed by atoms with van der Waals surface area (Å²) in [4.78, 5) is 21.2. The molecule has 0 saturated heterocycles. The molecule has 0 aliphatic carbocycles. The van der Waals surface area contributed by atoms with E-state index < -0.39 is 0 Å². The topological polar surface area (TPSA) is 48.5 Å². The minimum absolute atomic E-state index is 0.0572. The number of rotatable bonds is 4. The van der Waals surface area contributed by atoms with Crippen LogP contribution in [0.4, 0.5) is 11.5 Å². The largest absolute Gasteiger partial charge is 0.359 e. The third kappa shape index (κ3) is 2.76. The van der Waals surface area contributed by atoms with Gasteiger partial charge >= 0.3 is 0 Å². The summed E-state index contributed by atoms with van der Waals surface area (Å²) in [6, 6.07) is 8.00. The molecule has 0 fully saturated rings.